The molecule has 3 aliphatic heterocycles. The van der Waals surface area contributed by atoms with Crippen molar-refractivity contribution in [2.75, 3.05) is 47.8 Å². The number of pyridine rings is 1. The topological polar surface area (TPSA) is 175 Å². The van der Waals surface area contributed by atoms with Crippen LogP contribution in [0.4, 0.5) is 16.6 Å². The number of imide groups is 1. The average Bonchev–Trinajstić information content (AvgIpc) is 3.98. The van der Waals surface area contributed by atoms with Crippen molar-refractivity contribution in [2.24, 2.45) is 13.0 Å². The lowest BCUT2D eigenvalue weighted by molar-refractivity contribution is -0.134. The number of fused-ring (bicyclic) bond motifs is 3. The van der Waals surface area contributed by atoms with Crippen molar-refractivity contribution in [3.05, 3.63) is 125 Å². The van der Waals surface area contributed by atoms with E-state index in [1.54, 1.807) is 0 Å². The summed E-state index contributed by atoms with van der Waals surface area (Å²) in [5.74, 6) is -0.191. The van der Waals surface area contributed by atoms with Gasteiger partial charge in [0, 0.05) is 81.0 Å². The lowest BCUT2D eigenvalue weighted by Crippen LogP contribution is -2.49. The van der Waals surface area contributed by atoms with Gasteiger partial charge < -0.3 is 19.6 Å². The molecule has 6 heterocycles. The van der Waals surface area contributed by atoms with Crippen molar-refractivity contribution in [2.45, 2.75) is 103 Å². The van der Waals surface area contributed by atoms with Crippen molar-refractivity contribution >= 4 is 72.8 Å². The van der Waals surface area contributed by atoms with Crippen molar-refractivity contribution in [1.82, 2.24) is 30.0 Å². The Kier molecular flexibility index (Phi) is 13.9. The maximum absolute atomic E-state index is 13.7. The van der Waals surface area contributed by atoms with Gasteiger partial charge >= 0.3 is 5.97 Å². The highest BCUT2D eigenvalue weighted by Crippen LogP contribution is 2.38. The average molecular weight is 1010 g/mol. The maximum Gasteiger partial charge on any atom is 0.355 e. The Morgan fingerprint density at radius 2 is 1.68 bits per heavy atom. The van der Waals surface area contributed by atoms with Crippen LogP contribution in [0.5, 0.6) is 5.75 Å². The fourth-order valence-electron chi connectivity index (χ4n) is 11.8. The van der Waals surface area contributed by atoms with Gasteiger partial charge in [0.2, 0.25) is 11.8 Å². The molecule has 11 rings (SSSR count). The quantitative estimate of drug-likeness (QED) is 0.0881. The van der Waals surface area contributed by atoms with Gasteiger partial charge in [0.25, 0.3) is 5.91 Å². The molecular formula is C58H63N9O6S. The number of carbonyl (C=O) groups is 4. The Morgan fingerprint density at radius 3 is 2.47 bits per heavy atom. The molecule has 15 nitrogen and oxygen atoms in total. The Morgan fingerprint density at radius 1 is 0.865 bits per heavy atom. The number of para-hydroxylation sites is 1. The lowest BCUT2D eigenvalue weighted by Gasteiger charge is -2.39. The third kappa shape index (κ3) is 10.1. The summed E-state index contributed by atoms with van der Waals surface area (Å²) in [5, 5.41) is 22.3. The molecule has 74 heavy (non-hydrogen) atoms. The first-order valence-electron chi connectivity index (χ1n) is 26.3. The molecule has 0 bridgehead atoms. The second-order valence-corrected chi connectivity index (χ2v) is 21.7. The van der Waals surface area contributed by atoms with Crippen LogP contribution in [0.15, 0.2) is 91.0 Å². The number of hydrogen-bond donors (Lipinski definition) is 3. The first kappa shape index (κ1) is 49.1. The molecule has 16 heteroatoms. The third-order valence-corrected chi connectivity index (χ3v) is 17.0. The normalized spacial score (nSPS) is 19.9. The number of nitrogens with one attached hydrogen (secondary N) is 2. The largest absolute Gasteiger partial charge is 0.490 e. The van der Waals surface area contributed by atoms with Gasteiger partial charge in [0.15, 0.2) is 10.8 Å². The van der Waals surface area contributed by atoms with Crippen molar-refractivity contribution in [1.29, 1.82) is 0 Å². The smallest absolute Gasteiger partial charge is 0.355 e. The van der Waals surface area contributed by atoms with E-state index in [2.05, 4.69) is 61.5 Å². The fraction of sp³-hybridized carbons (Fsp3) is 0.397. The molecule has 2 saturated heterocycles. The number of piperidine rings is 1. The number of piperazine rings is 1. The fourth-order valence-corrected chi connectivity index (χ4v) is 12.7. The number of aromatic carboxylic acids is 1. The Labute approximate surface area is 434 Å². The van der Waals surface area contributed by atoms with Crippen LogP contribution in [0.25, 0.3) is 32.2 Å². The van der Waals surface area contributed by atoms with Gasteiger partial charge in [-0.05, 0) is 142 Å². The number of ether oxygens (including phenoxy) is 1. The monoisotopic (exact) mass is 1010 g/mol. The number of benzene rings is 4. The minimum Gasteiger partial charge on any atom is -0.490 e. The van der Waals surface area contributed by atoms with E-state index >= 15 is 0 Å². The van der Waals surface area contributed by atoms with E-state index in [1.807, 2.05) is 85.4 Å². The Hall–Kier alpha value is -7.17. The zero-order valence-corrected chi connectivity index (χ0v) is 43.1. The van der Waals surface area contributed by atoms with E-state index in [9.17, 15) is 24.3 Å². The van der Waals surface area contributed by atoms with E-state index in [4.69, 9.17) is 14.8 Å². The number of carbonyl (C=O) groups excluding carboxylic acids is 3. The summed E-state index contributed by atoms with van der Waals surface area (Å²) in [5.41, 5.74) is 8.52. The summed E-state index contributed by atoms with van der Waals surface area (Å²) < 4.78 is 9.56. The summed E-state index contributed by atoms with van der Waals surface area (Å²) in [6, 6.07) is 30.2. The predicted octanol–water partition coefficient (Wildman–Crippen LogP) is 9.91. The van der Waals surface area contributed by atoms with Crippen molar-refractivity contribution in [3.63, 3.8) is 0 Å². The van der Waals surface area contributed by atoms with Crippen LogP contribution >= 0.6 is 11.3 Å². The van der Waals surface area contributed by atoms with Gasteiger partial charge in [-0.1, -0.05) is 60.6 Å². The number of carboxylic acids is 1. The van der Waals surface area contributed by atoms with Gasteiger partial charge in [0.1, 0.15) is 11.6 Å². The van der Waals surface area contributed by atoms with Gasteiger partial charge in [-0.3, -0.25) is 34.6 Å². The number of anilines is 3. The molecule has 0 radical (unpaired) electrons. The molecule has 7 aromatic rings. The SMILES string of the molecule is Cc1c(O[C@H]2CC[C@H](CCC[C@H](C)N3CCN(c4ccc5c(C6CCC(=O)NC6=O)nn(C)c5c4)CC3)CC2)cccc1-c1ccc(N2CCc3cccc(C(=O)Nc4nc5ccccc5s4)c3C2)nc1C(=O)O. The predicted molar refractivity (Wildman–Crippen MR) is 289 cm³/mol. The van der Waals surface area contributed by atoms with Crippen molar-refractivity contribution in [3.8, 4) is 16.9 Å². The number of hydrogen-bond acceptors (Lipinski definition) is 12. The molecule has 3 aromatic heterocycles. The molecule has 3 fully saturated rings. The van der Waals surface area contributed by atoms with E-state index in [-0.39, 0.29) is 29.5 Å². The highest BCUT2D eigenvalue weighted by atomic mass is 32.1. The van der Waals surface area contributed by atoms with Crippen LogP contribution in [0.3, 0.4) is 0 Å². The molecule has 2 atom stereocenters. The highest BCUT2D eigenvalue weighted by Gasteiger charge is 2.33. The molecule has 4 aliphatic rings. The van der Waals surface area contributed by atoms with E-state index in [0.29, 0.717) is 66.4 Å². The summed E-state index contributed by atoms with van der Waals surface area (Å²) in [4.78, 5) is 67.4. The van der Waals surface area contributed by atoms with E-state index < -0.39 is 11.9 Å². The molecular weight excluding hydrogens is 951 g/mol. The summed E-state index contributed by atoms with van der Waals surface area (Å²) in [6.45, 7) is 9.36. The summed E-state index contributed by atoms with van der Waals surface area (Å²) >= 11 is 1.44. The molecule has 3 N–H and O–H groups in total. The zero-order valence-electron chi connectivity index (χ0n) is 42.3. The van der Waals surface area contributed by atoms with Gasteiger partial charge in [0.05, 0.1) is 33.4 Å². The number of rotatable bonds is 14. The molecule has 382 valence electrons. The molecule has 3 amide bonds. The van der Waals surface area contributed by atoms with Crippen molar-refractivity contribution < 1.29 is 29.0 Å². The summed E-state index contributed by atoms with van der Waals surface area (Å²) in [6.07, 6.45) is 9.50. The summed E-state index contributed by atoms with van der Waals surface area (Å²) in [7, 11) is 1.92. The number of carboxylic acid groups (broad SMARTS) is 1. The Balaban J connectivity index is 0.656. The molecule has 4 aromatic carbocycles. The molecule has 0 spiro atoms. The maximum atomic E-state index is 13.7. The minimum absolute atomic E-state index is 0.0175. The number of aromatic nitrogens is 4. The molecule has 1 saturated carbocycles. The first-order valence-corrected chi connectivity index (χ1v) is 27.1. The van der Waals surface area contributed by atoms with Crippen LogP contribution in [0.2, 0.25) is 0 Å². The lowest BCUT2D eigenvalue weighted by atomic mass is 9.84. The number of aryl methyl sites for hydroxylation is 1. The van der Waals surface area contributed by atoms with Crippen LogP contribution < -0.4 is 25.2 Å². The van der Waals surface area contributed by atoms with Crippen LogP contribution in [0, 0.1) is 12.8 Å². The first-order chi connectivity index (χ1) is 35.9. The second kappa shape index (κ2) is 21.0. The second-order valence-electron chi connectivity index (χ2n) is 20.6. The number of thiazole rings is 1. The standard InChI is InChI=1S/C58H63N9O6S/c1-35(65-29-31-66(32-30-65)39-19-22-44-48(33-39)64(3)63-53(44)45-24-26-52(68)61-56(45)70)9-6-10-37-17-20-40(21-18-37)73-49-15-8-12-41(36(49)2)42-23-25-51(60-54(42)57(71)72)67-28-27-38-11-7-13-43(46(38)34-67)55(69)62-58-59-47-14-4-5-16-50(47)74-58/h4-5,7-8,11-16,19,22-23,25,33,35,37,40,45H,6,9-10,17-18,20-21,24,26-32,34H2,1-3H3,(H,71,72)(H,59,62,69)(H,61,68,70)/t35-,37-,40-,45?/m0/s1. The number of nitrogens with zero attached hydrogens (tertiary/aromatic N) is 7. The number of amides is 3. The van der Waals surface area contributed by atoms with E-state index in [0.717, 1.165) is 107 Å². The van der Waals surface area contributed by atoms with Gasteiger partial charge in [-0.15, -0.1) is 0 Å². The highest BCUT2D eigenvalue weighted by molar-refractivity contribution is 7.22. The minimum atomic E-state index is -1.10. The van der Waals surface area contributed by atoms with Crippen LogP contribution in [-0.2, 0) is 29.6 Å². The van der Waals surface area contributed by atoms with Gasteiger partial charge in [-0.25, -0.2) is 14.8 Å². The van der Waals surface area contributed by atoms with Crippen LogP contribution in [-0.4, -0.2) is 98.3 Å². The van der Waals surface area contributed by atoms with Crippen LogP contribution in [0.1, 0.15) is 114 Å². The van der Waals surface area contributed by atoms with E-state index in [1.165, 1.54) is 36.3 Å². The molecule has 1 aliphatic carbocycles. The molecule has 1 unspecified atom stereocenters. The Bertz CT molecular complexity index is 3250. The third-order valence-electron chi connectivity index (χ3n) is 16.1. The van der Waals surface area contributed by atoms with Gasteiger partial charge in [-0.2, -0.15) is 5.10 Å². The zero-order chi connectivity index (χ0) is 51.0.